The Balaban J connectivity index is 1.85. The molecule has 2 aromatic carbocycles. The third-order valence-electron chi connectivity index (χ3n) is 5.65. The molecule has 0 saturated carbocycles. The summed E-state index contributed by atoms with van der Waals surface area (Å²) in [7, 11) is 0. The van der Waals surface area contributed by atoms with Crippen LogP contribution in [0.4, 0.5) is 10.2 Å². The average molecular weight is 429 g/mol. The lowest BCUT2D eigenvalue weighted by atomic mass is 9.96. The Morgan fingerprint density at radius 2 is 1.91 bits per heavy atom. The van der Waals surface area contributed by atoms with Crippen molar-refractivity contribution < 1.29 is 8.81 Å². The van der Waals surface area contributed by atoms with Crippen molar-refractivity contribution in [2.75, 3.05) is 5.73 Å². The molecule has 1 unspecified atom stereocenters. The number of aryl methyl sites for hydroxylation is 1. The number of hydrogen-bond acceptors (Lipinski definition) is 6. The Labute approximate surface area is 182 Å². The van der Waals surface area contributed by atoms with Crippen LogP contribution in [0, 0.1) is 5.82 Å². The topological polar surface area (TPSA) is 99.8 Å². The summed E-state index contributed by atoms with van der Waals surface area (Å²) in [6, 6.07) is 13.0. The average Bonchev–Trinajstić information content (AvgIpc) is 3.19. The number of aromatic nitrogens is 4. The molecule has 1 atom stereocenters. The molecule has 0 radical (unpaired) electrons. The largest absolute Gasteiger partial charge is 0.424 e. The lowest BCUT2D eigenvalue weighted by Gasteiger charge is -2.18. The van der Waals surface area contributed by atoms with Crippen LogP contribution in [0.1, 0.15) is 31.3 Å². The number of nitrogens with zero attached hydrogens (tertiary/aromatic N) is 4. The second kappa shape index (κ2) is 7.56. The zero-order valence-corrected chi connectivity index (χ0v) is 17.5. The minimum atomic E-state index is -0.539. The van der Waals surface area contributed by atoms with Gasteiger partial charge in [-0.25, -0.2) is 23.8 Å². The van der Waals surface area contributed by atoms with E-state index in [1.54, 1.807) is 4.68 Å². The molecule has 0 amide bonds. The van der Waals surface area contributed by atoms with Gasteiger partial charge in [0.1, 0.15) is 29.8 Å². The van der Waals surface area contributed by atoms with E-state index in [4.69, 9.17) is 15.2 Å². The highest BCUT2D eigenvalue weighted by atomic mass is 19.1. The van der Waals surface area contributed by atoms with Crippen molar-refractivity contribution in [3.63, 3.8) is 0 Å². The summed E-state index contributed by atoms with van der Waals surface area (Å²) in [5, 5.41) is 6.18. The van der Waals surface area contributed by atoms with Gasteiger partial charge in [0.05, 0.1) is 16.5 Å². The van der Waals surface area contributed by atoms with Crippen LogP contribution in [0.15, 0.2) is 64.1 Å². The molecule has 0 aliphatic carbocycles. The van der Waals surface area contributed by atoms with E-state index < -0.39 is 17.5 Å². The summed E-state index contributed by atoms with van der Waals surface area (Å²) in [6.07, 6.45) is 2.01. The fourth-order valence-electron chi connectivity index (χ4n) is 4.13. The highest BCUT2D eigenvalue weighted by molar-refractivity contribution is 5.97. The molecule has 3 aromatic heterocycles. The molecule has 5 rings (SSSR count). The standard InChI is InChI=1S/C24H20FN5O2/c1-3-18-20-22(26)27-12-28-23(20)30(29-18)13(2)21-19(14-7-5-4-6-8-14)17-11-15(25)9-10-16(17)24(31)32-21/h4-13H,3H2,1-2H3,(H2,26,27,28). The zero-order chi connectivity index (χ0) is 22.4. The zero-order valence-electron chi connectivity index (χ0n) is 17.5. The van der Waals surface area contributed by atoms with E-state index in [0.717, 1.165) is 11.3 Å². The Morgan fingerprint density at radius 3 is 2.66 bits per heavy atom. The van der Waals surface area contributed by atoms with Crippen LogP contribution in [0.3, 0.4) is 0 Å². The summed E-state index contributed by atoms with van der Waals surface area (Å²) in [4.78, 5) is 21.3. The smallest absolute Gasteiger partial charge is 0.343 e. The maximum absolute atomic E-state index is 14.2. The molecular weight excluding hydrogens is 409 g/mol. The van der Waals surface area contributed by atoms with Crippen molar-refractivity contribution in [2.45, 2.75) is 26.3 Å². The Hall–Kier alpha value is -4.07. The first-order valence-corrected chi connectivity index (χ1v) is 10.3. The van der Waals surface area contributed by atoms with Gasteiger partial charge in [-0.05, 0) is 37.1 Å². The van der Waals surface area contributed by atoms with E-state index in [-0.39, 0.29) is 0 Å². The fraction of sp³-hybridized carbons (Fsp3) is 0.167. The normalized spacial score (nSPS) is 12.5. The first-order valence-electron chi connectivity index (χ1n) is 10.3. The summed E-state index contributed by atoms with van der Waals surface area (Å²) in [5.74, 6) is 0.274. The number of nitrogens with two attached hydrogens (primary N) is 1. The van der Waals surface area contributed by atoms with Crippen LogP contribution in [-0.2, 0) is 6.42 Å². The summed E-state index contributed by atoms with van der Waals surface area (Å²) >= 11 is 0. The van der Waals surface area contributed by atoms with Gasteiger partial charge in [-0.2, -0.15) is 5.10 Å². The van der Waals surface area contributed by atoms with Crippen LogP contribution in [-0.4, -0.2) is 19.7 Å². The van der Waals surface area contributed by atoms with E-state index in [1.165, 1.54) is 24.5 Å². The fourth-order valence-corrected chi connectivity index (χ4v) is 4.13. The Kier molecular flexibility index (Phi) is 4.70. The highest BCUT2D eigenvalue weighted by Gasteiger charge is 2.25. The van der Waals surface area contributed by atoms with Crippen molar-refractivity contribution in [1.82, 2.24) is 19.7 Å². The molecule has 0 bridgehead atoms. The minimum Gasteiger partial charge on any atom is -0.424 e. The number of rotatable bonds is 4. The van der Waals surface area contributed by atoms with Crippen LogP contribution in [0.2, 0.25) is 0 Å². The lowest BCUT2D eigenvalue weighted by molar-refractivity contribution is 0.404. The molecule has 32 heavy (non-hydrogen) atoms. The van der Waals surface area contributed by atoms with Gasteiger partial charge < -0.3 is 10.2 Å². The van der Waals surface area contributed by atoms with Gasteiger partial charge in [0.15, 0.2) is 5.65 Å². The van der Waals surface area contributed by atoms with Crippen molar-refractivity contribution in [1.29, 1.82) is 0 Å². The molecule has 3 heterocycles. The van der Waals surface area contributed by atoms with Crippen LogP contribution >= 0.6 is 0 Å². The van der Waals surface area contributed by atoms with Crippen molar-refractivity contribution in [3.8, 4) is 11.1 Å². The minimum absolute atomic E-state index is 0.312. The monoisotopic (exact) mass is 429 g/mol. The Morgan fingerprint density at radius 1 is 1.12 bits per heavy atom. The number of anilines is 1. The molecule has 0 fully saturated rings. The van der Waals surface area contributed by atoms with E-state index in [2.05, 4.69) is 9.97 Å². The van der Waals surface area contributed by atoms with E-state index in [0.29, 0.717) is 45.4 Å². The molecule has 0 aliphatic heterocycles. The highest BCUT2D eigenvalue weighted by Crippen LogP contribution is 2.36. The molecule has 0 spiro atoms. The molecule has 0 aliphatic rings. The van der Waals surface area contributed by atoms with E-state index >= 15 is 0 Å². The number of fused-ring (bicyclic) bond motifs is 2. The van der Waals surface area contributed by atoms with E-state index in [1.807, 2.05) is 44.2 Å². The quantitative estimate of drug-likeness (QED) is 0.452. The predicted molar refractivity (Wildman–Crippen MR) is 121 cm³/mol. The second-order valence-electron chi connectivity index (χ2n) is 7.56. The van der Waals surface area contributed by atoms with Gasteiger partial charge >= 0.3 is 5.63 Å². The van der Waals surface area contributed by atoms with Crippen LogP contribution in [0.5, 0.6) is 0 Å². The van der Waals surface area contributed by atoms with Gasteiger partial charge in [-0.15, -0.1) is 0 Å². The first kappa shape index (κ1) is 19.9. The molecular formula is C24H20FN5O2. The van der Waals surface area contributed by atoms with Crippen LogP contribution in [0.25, 0.3) is 32.9 Å². The summed E-state index contributed by atoms with van der Waals surface area (Å²) in [5.41, 5.74) is 8.29. The molecule has 8 heteroatoms. The SMILES string of the molecule is CCc1nn(C(C)c2oc(=O)c3ccc(F)cc3c2-c2ccccc2)c2ncnc(N)c12. The van der Waals surface area contributed by atoms with Gasteiger partial charge in [-0.3, -0.25) is 0 Å². The van der Waals surface area contributed by atoms with Crippen molar-refractivity contribution in [2.24, 2.45) is 0 Å². The molecule has 2 N–H and O–H groups in total. The number of benzene rings is 2. The van der Waals surface area contributed by atoms with Crippen molar-refractivity contribution in [3.05, 3.63) is 82.5 Å². The maximum Gasteiger partial charge on any atom is 0.343 e. The van der Waals surface area contributed by atoms with Crippen molar-refractivity contribution >= 4 is 27.6 Å². The number of nitrogen functional groups attached to an aromatic ring is 1. The molecule has 160 valence electrons. The lowest BCUT2D eigenvalue weighted by Crippen LogP contribution is -2.15. The second-order valence-corrected chi connectivity index (χ2v) is 7.56. The number of hydrogen-bond donors (Lipinski definition) is 1. The van der Waals surface area contributed by atoms with Gasteiger partial charge in [0.25, 0.3) is 0 Å². The maximum atomic E-state index is 14.2. The van der Waals surface area contributed by atoms with Crippen LogP contribution < -0.4 is 11.4 Å². The summed E-state index contributed by atoms with van der Waals surface area (Å²) in [6.45, 7) is 3.83. The first-order chi connectivity index (χ1) is 15.5. The molecule has 7 nitrogen and oxygen atoms in total. The van der Waals surface area contributed by atoms with Gasteiger partial charge in [0.2, 0.25) is 0 Å². The van der Waals surface area contributed by atoms with E-state index in [9.17, 15) is 9.18 Å². The van der Waals surface area contributed by atoms with Gasteiger partial charge in [0, 0.05) is 10.9 Å². The Bertz CT molecular complexity index is 1530. The predicted octanol–water partition coefficient (Wildman–Crippen LogP) is 4.49. The third-order valence-corrected chi connectivity index (χ3v) is 5.65. The molecule has 0 saturated heterocycles. The number of halogens is 1. The third kappa shape index (κ3) is 3.03. The van der Waals surface area contributed by atoms with Gasteiger partial charge in [-0.1, -0.05) is 37.3 Å². The molecule has 5 aromatic rings. The summed E-state index contributed by atoms with van der Waals surface area (Å²) < 4.78 is 21.8.